The SMILES string of the molecule is OCCN(CC(F)(F)F)c1ncc(Cl)cc1Br. The smallest absolute Gasteiger partial charge is 0.395 e. The van der Waals surface area contributed by atoms with E-state index in [0.29, 0.717) is 9.50 Å². The molecule has 0 saturated heterocycles. The van der Waals surface area contributed by atoms with E-state index < -0.39 is 19.3 Å². The van der Waals surface area contributed by atoms with E-state index in [1.165, 1.54) is 12.3 Å². The molecule has 0 bridgehead atoms. The first-order valence-corrected chi connectivity index (χ1v) is 5.74. The summed E-state index contributed by atoms with van der Waals surface area (Å²) in [6.07, 6.45) is -3.11. The molecule has 0 atom stereocenters. The molecule has 96 valence electrons. The van der Waals surface area contributed by atoms with Crippen molar-refractivity contribution in [3.05, 3.63) is 21.8 Å². The van der Waals surface area contributed by atoms with Crippen LogP contribution in [0.2, 0.25) is 5.02 Å². The number of nitrogens with zero attached hydrogens (tertiary/aromatic N) is 2. The lowest BCUT2D eigenvalue weighted by Crippen LogP contribution is -2.37. The highest BCUT2D eigenvalue weighted by Crippen LogP contribution is 2.28. The largest absolute Gasteiger partial charge is 0.405 e. The number of anilines is 1. The minimum Gasteiger partial charge on any atom is -0.395 e. The first kappa shape index (κ1) is 14.5. The van der Waals surface area contributed by atoms with Crippen molar-refractivity contribution in [1.29, 1.82) is 0 Å². The Bertz CT molecular complexity index is 389. The lowest BCUT2D eigenvalue weighted by molar-refractivity contribution is -0.120. The fourth-order valence-electron chi connectivity index (χ4n) is 1.24. The number of rotatable bonds is 4. The summed E-state index contributed by atoms with van der Waals surface area (Å²) < 4.78 is 37.3. The predicted octanol–water partition coefficient (Wildman–Crippen LogP) is 2.86. The Morgan fingerprint density at radius 3 is 2.59 bits per heavy atom. The van der Waals surface area contributed by atoms with Gasteiger partial charge in [-0.25, -0.2) is 4.98 Å². The number of hydrogen-bond acceptors (Lipinski definition) is 3. The maximum absolute atomic E-state index is 12.3. The normalized spacial score (nSPS) is 11.6. The van der Waals surface area contributed by atoms with E-state index in [1.54, 1.807) is 0 Å². The van der Waals surface area contributed by atoms with Gasteiger partial charge in [-0.1, -0.05) is 11.6 Å². The summed E-state index contributed by atoms with van der Waals surface area (Å²) in [5.74, 6) is 0.0979. The molecule has 0 amide bonds. The van der Waals surface area contributed by atoms with Crippen LogP contribution in [0, 0.1) is 0 Å². The molecule has 1 heterocycles. The summed E-state index contributed by atoms with van der Waals surface area (Å²) in [5, 5.41) is 9.08. The van der Waals surface area contributed by atoms with Crippen molar-refractivity contribution in [2.24, 2.45) is 0 Å². The Morgan fingerprint density at radius 1 is 1.47 bits per heavy atom. The number of aliphatic hydroxyl groups is 1. The van der Waals surface area contributed by atoms with Crippen LogP contribution in [0.5, 0.6) is 0 Å². The van der Waals surface area contributed by atoms with Gasteiger partial charge in [-0.2, -0.15) is 13.2 Å². The van der Waals surface area contributed by atoms with Gasteiger partial charge >= 0.3 is 6.18 Å². The molecular weight excluding hydrogens is 324 g/mol. The van der Waals surface area contributed by atoms with Crippen LogP contribution in [0.1, 0.15) is 0 Å². The van der Waals surface area contributed by atoms with Gasteiger partial charge in [-0.05, 0) is 22.0 Å². The summed E-state index contributed by atoms with van der Waals surface area (Å²) in [6.45, 7) is -1.74. The molecule has 1 aromatic heterocycles. The van der Waals surface area contributed by atoms with Crippen LogP contribution >= 0.6 is 27.5 Å². The van der Waals surface area contributed by atoms with E-state index >= 15 is 0 Å². The third-order valence-electron chi connectivity index (χ3n) is 1.83. The summed E-state index contributed by atoms with van der Waals surface area (Å²) in [7, 11) is 0. The molecule has 0 aliphatic rings. The summed E-state index contributed by atoms with van der Waals surface area (Å²) in [6, 6.07) is 1.45. The number of alkyl halides is 3. The first-order chi connectivity index (χ1) is 7.83. The van der Waals surface area contributed by atoms with E-state index in [4.69, 9.17) is 16.7 Å². The first-order valence-electron chi connectivity index (χ1n) is 4.57. The zero-order chi connectivity index (χ0) is 13.1. The van der Waals surface area contributed by atoms with Crippen LogP contribution in [-0.4, -0.2) is 36.0 Å². The van der Waals surface area contributed by atoms with Crippen molar-refractivity contribution in [3.8, 4) is 0 Å². The highest BCUT2D eigenvalue weighted by molar-refractivity contribution is 9.10. The van der Waals surface area contributed by atoms with Crippen molar-refractivity contribution in [1.82, 2.24) is 4.98 Å². The molecule has 0 radical (unpaired) electrons. The molecule has 17 heavy (non-hydrogen) atoms. The van der Waals surface area contributed by atoms with Crippen molar-refractivity contribution < 1.29 is 18.3 Å². The van der Waals surface area contributed by atoms with Crippen molar-refractivity contribution in [2.75, 3.05) is 24.6 Å². The van der Waals surface area contributed by atoms with E-state index in [-0.39, 0.29) is 12.4 Å². The summed E-state index contributed by atoms with van der Waals surface area (Å²) in [5.41, 5.74) is 0. The Kier molecular flexibility index (Phi) is 5.03. The van der Waals surface area contributed by atoms with Crippen LogP contribution < -0.4 is 4.90 Å². The molecule has 1 N–H and O–H groups in total. The van der Waals surface area contributed by atoms with Crippen molar-refractivity contribution in [2.45, 2.75) is 6.18 Å². The maximum atomic E-state index is 12.3. The molecule has 0 aliphatic heterocycles. The lowest BCUT2D eigenvalue weighted by Gasteiger charge is -2.24. The second-order valence-corrected chi connectivity index (χ2v) is 4.51. The molecule has 0 unspecified atom stereocenters. The van der Waals surface area contributed by atoms with Gasteiger partial charge in [0, 0.05) is 12.7 Å². The Labute approximate surface area is 109 Å². The van der Waals surface area contributed by atoms with Gasteiger partial charge in [0.05, 0.1) is 16.1 Å². The van der Waals surface area contributed by atoms with Gasteiger partial charge in [0.15, 0.2) is 0 Å². The number of aliphatic hydroxyl groups excluding tert-OH is 1. The maximum Gasteiger partial charge on any atom is 0.405 e. The van der Waals surface area contributed by atoms with Crippen LogP contribution in [0.4, 0.5) is 19.0 Å². The second kappa shape index (κ2) is 5.88. The van der Waals surface area contributed by atoms with Crippen molar-refractivity contribution >= 4 is 33.3 Å². The van der Waals surface area contributed by atoms with Gasteiger partial charge in [0.1, 0.15) is 12.4 Å². The molecule has 0 aliphatic carbocycles. The lowest BCUT2D eigenvalue weighted by atomic mass is 10.4. The molecule has 1 aromatic rings. The minimum atomic E-state index is -4.37. The molecule has 0 aromatic carbocycles. The molecular formula is C9H9BrClF3N2O. The Balaban J connectivity index is 2.97. The average Bonchev–Trinajstić information content (AvgIpc) is 2.14. The van der Waals surface area contributed by atoms with Gasteiger partial charge in [-0.15, -0.1) is 0 Å². The molecule has 3 nitrogen and oxygen atoms in total. The van der Waals surface area contributed by atoms with Gasteiger partial charge in [0.2, 0.25) is 0 Å². The second-order valence-electron chi connectivity index (χ2n) is 3.22. The molecule has 8 heteroatoms. The number of hydrogen-bond donors (Lipinski definition) is 1. The van der Waals surface area contributed by atoms with E-state index in [0.717, 1.165) is 4.90 Å². The van der Waals surface area contributed by atoms with Crippen LogP contribution in [0.3, 0.4) is 0 Å². The predicted molar refractivity (Wildman–Crippen MR) is 62.3 cm³/mol. The molecule has 0 fully saturated rings. The molecule has 0 spiro atoms. The summed E-state index contributed by atoms with van der Waals surface area (Å²) in [4.78, 5) is 4.75. The number of halogens is 5. The van der Waals surface area contributed by atoms with E-state index in [1.807, 2.05) is 0 Å². The monoisotopic (exact) mass is 332 g/mol. The van der Waals surface area contributed by atoms with Crippen LogP contribution in [0.25, 0.3) is 0 Å². The van der Waals surface area contributed by atoms with Crippen molar-refractivity contribution in [3.63, 3.8) is 0 Å². The fourth-order valence-corrected chi connectivity index (χ4v) is 2.13. The Morgan fingerprint density at radius 2 is 2.12 bits per heavy atom. The minimum absolute atomic E-state index is 0.0979. The number of aromatic nitrogens is 1. The third kappa shape index (κ3) is 4.69. The zero-order valence-corrected chi connectivity index (χ0v) is 10.8. The number of pyridine rings is 1. The zero-order valence-electron chi connectivity index (χ0n) is 8.51. The topological polar surface area (TPSA) is 36.4 Å². The van der Waals surface area contributed by atoms with E-state index in [9.17, 15) is 13.2 Å². The highest BCUT2D eigenvalue weighted by Gasteiger charge is 2.31. The average molecular weight is 334 g/mol. The van der Waals surface area contributed by atoms with E-state index in [2.05, 4.69) is 20.9 Å². The quantitative estimate of drug-likeness (QED) is 0.920. The standard InChI is InChI=1S/C9H9BrClF3N2O/c10-7-3-6(11)4-15-8(7)16(1-2-17)5-9(12,13)14/h3-4,17H,1-2,5H2. The van der Waals surface area contributed by atoms with Crippen LogP contribution in [0.15, 0.2) is 16.7 Å². The molecule has 0 saturated carbocycles. The fraction of sp³-hybridized carbons (Fsp3) is 0.444. The van der Waals surface area contributed by atoms with Gasteiger partial charge < -0.3 is 10.0 Å². The highest BCUT2D eigenvalue weighted by atomic mass is 79.9. The Hall–Kier alpha value is -0.530. The van der Waals surface area contributed by atoms with Gasteiger partial charge in [-0.3, -0.25) is 0 Å². The third-order valence-corrected chi connectivity index (χ3v) is 2.62. The molecule has 1 rings (SSSR count). The van der Waals surface area contributed by atoms with Crippen LogP contribution in [-0.2, 0) is 0 Å². The van der Waals surface area contributed by atoms with Gasteiger partial charge in [0.25, 0.3) is 0 Å². The summed E-state index contributed by atoms with van der Waals surface area (Å²) >= 11 is 8.74.